The van der Waals surface area contributed by atoms with E-state index in [1.165, 1.54) is 0 Å². The molecule has 2 rings (SSSR count). The lowest BCUT2D eigenvalue weighted by atomic mass is 10.2. The Kier molecular flexibility index (Phi) is 3.65. The Hall–Kier alpha value is -1.84. The summed E-state index contributed by atoms with van der Waals surface area (Å²) in [6.07, 6.45) is 1.31. The number of nitriles is 1. The molecule has 2 heterocycles. The molecule has 1 fully saturated rings. The molecule has 0 aromatic carbocycles. The Morgan fingerprint density at radius 2 is 2.44 bits per heavy atom. The van der Waals surface area contributed by atoms with E-state index in [4.69, 9.17) is 15.7 Å². The molecule has 2 unspecified atom stereocenters. The SMILES string of the molecule is CC1CN(c2nccc(C#N)c2N)CC(CO)O1. The number of hydrogen-bond acceptors (Lipinski definition) is 6. The van der Waals surface area contributed by atoms with Crippen molar-refractivity contribution in [2.24, 2.45) is 0 Å². The van der Waals surface area contributed by atoms with Crippen LogP contribution in [0.15, 0.2) is 12.3 Å². The molecule has 6 nitrogen and oxygen atoms in total. The van der Waals surface area contributed by atoms with Gasteiger partial charge in [-0.3, -0.25) is 0 Å². The van der Waals surface area contributed by atoms with Crippen LogP contribution < -0.4 is 10.6 Å². The molecule has 1 saturated heterocycles. The van der Waals surface area contributed by atoms with Crippen molar-refractivity contribution >= 4 is 11.5 Å². The maximum Gasteiger partial charge on any atom is 0.153 e. The zero-order valence-corrected chi connectivity index (χ0v) is 10.2. The average molecular weight is 248 g/mol. The van der Waals surface area contributed by atoms with Crippen LogP contribution in [-0.4, -0.2) is 42.0 Å². The van der Waals surface area contributed by atoms with E-state index < -0.39 is 0 Å². The van der Waals surface area contributed by atoms with Crippen LogP contribution in [-0.2, 0) is 4.74 Å². The molecule has 0 aliphatic carbocycles. The maximum atomic E-state index is 9.19. The lowest BCUT2D eigenvalue weighted by molar-refractivity contribution is -0.0422. The molecular weight excluding hydrogens is 232 g/mol. The minimum absolute atomic E-state index is 0.0113. The third kappa shape index (κ3) is 2.37. The molecule has 0 radical (unpaired) electrons. The van der Waals surface area contributed by atoms with E-state index in [1.54, 1.807) is 12.3 Å². The van der Waals surface area contributed by atoms with Crippen molar-refractivity contribution in [1.82, 2.24) is 4.98 Å². The van der Waals surface area contributed by atoms with Gasteiger partial charge in [0.25, 0.3) is 0 Å². The van der Waals surface area contributed by atoms with Crippen LogP contribution in [0.25, 0.3) is 0 Å². The van der Waals surface area contributed by atoms with Gasteiger partial charge in [0, 0.05) is 19.3 Å². The molecule has 3 N–H and O–H groups in total. The minimum Gasteiger partial charge on any atom is -0.395 e. The van der Waals surface area contributed by atoms with Gasteiger partial charge in [-0.05, 0) is 13.0 Å². The summed E-state index contributed by atoms with van der Waals surface area (Å²) in [4.78, 5) is 6.18. The van der Waals surface area contributed by atoms with Gasteiger partial charge in [0.2, 0.25) is 0 Å². The molecule has 1 aliphatic rings. The summed E-state index contributed by atoms with van der Waals surface area (Å²) in [6.45, 7) is 3.05. The fourth-order valence-electron chi connectivity index (χ4n) is 2.13. The lowest BCUT2D eigenvalue weighted by Crippen LogP contribution is -2.48. The summed E-state index contributed by atoms with van der Waals surface area (Å²) >= 11 is 0. The lowest BCUT2D eigenvalue weighted by Gasteiger charge is -2.37. The number of morpholine rings is 1. The number of nitrogens with zero attached hydrogens (tertiary/aromatic N) is 3. The first-order valence-electron chi connectivity index (χ1n) is 5.81. The first-order chi connectivity index (χ1) is 8.65. The summed E-state index contributed by atoms with van der Waals surface area (Å²) in [5.74, 6) is 0.586. The van der Waals surface area contributed by atoms with Crippen LogP contribution in [0.5, 0.6) is 0 Å². The molecule has 0 spiro atoms. The van der Waals surface area contributed by atoms with Gasteiger partial charge in [-0.2, -0.15) is 5.26 Å². The van der Waals surface area contributed by atoms with Gasteiger partial charge in [-0.1, -0.05) is 0 Å². The molecule has 18 heavy (non-hydrogen) atoms. The van der Waals surface area contributed by atoms with E-state index >= 15 is 0 Å². The Morgan fingerprint density at radius 3 is 3.11 bits per heavy atom. The van der Waals surface area contributed by atoms with Gasteiger partial charge in [0.05, 0.1) is 30.1 Å². The van der Waals surface area contributed by atoms with Crippen molar-refractivity contribution in [3.05, 3.63) is 17.8 Å². The number of hydrogen-bond donors (Lipinski definition) is 2. The van der Waals surface area contributed by atoms with Gasteiger partial charge in [0.1, 0.15) is 6.07 Å². The number of nitrogens with two attached hydrogens (primary N) is 1. The Labute approximate surface area is 106 Å². The van der Waals surface area contributed by atoms with Gasteiger partial charge < -0.3 is 20.5 Å². The quantitative estimate of drug-likeness (QED) is 0.772. The van der Waals surface area contributed by atoms with E-state index in [-0.39, 0.29) is 18.8 Å². The maximum absolute atomic E-state index is 9.19. The standard InChI is InChI=1S/C12H16N4O2/c1-8-5-16(6-10(7-17)18-8)12-11(14)9(4-13)2-3-15-12/h2-3,8,10,17H,5-7,14H2,1H3. The summed E-state index contributed by atoms with van der Waals surface area (Å²) in [7, 11) is 0. The molecule has 1 aromatic rings. The zero-order chi connectivity index (χ0) is 13.1. The van der Waals surface area contributed by atoms with Gasteiger partial charge in [-0.15, -0.1) is 0 Å². The van der Waals surface area contributed by atoms with E-state index in [9.17, 15) is 5.11 Å². The first kappa shape index (κ1) is 12.6. The van der Waals surface area contributed by atoms with Crippen molar-refractivity contribution in [2.45, 2.75) is 19.1 Å². The van der Waals surface area contributed by atoms with Crippen molar-refractivity contribution in [1.29, 1.82) is 5.26 Å². The second-order valence-corrected chi connectivity index (χ2v) is 4.36. The molecule has 0 amide bonds. The Balaban J connectivity index is 2.28. The van der Waals surface area contributed by atoms with Crippen molar-refractivity contribution < 1.29 is 9.84 Å². The van der Waals surface area contributed by atoms with Crippen LogP contribution in [0.2, 0.25) is 0 Å². The van der Waals surface area contributed by atoms with Gasteiger partial charge >= 0.3 is 0 Å². The second-order valence-electron chi connectivity index (χ2n) is 4.36. The predicted octanol–water partition coefficient (Wildman–Crippen LogP) is 0.121. The molecular formula is C12H16N4O2. The molecule has 1 aliphatic heterocycles. The second kappa shape index (κ2) is 5.21. The van der Waals surface area contributed by atoms with E-state index in [0.717, 1.165) is 0 Å². The van der Waals surface area contributed by atoms with Crippen molar-refractivity contribution in [3.8, 4) is 6.07 Å². The monoisotopic (exact) mass is 248 g/mol. The van der Waals surface area contributed by atoms with Gasteiger partial charge in [0.15, 0.2) is 5.82 Å². The summed E-state index contributed by atoms with van der Waals surface area (Å²) in [5, 5.41) is 18.1. The molecule has 6 heteroatoms. The van der Waals surface area contributed by atoms with E-state index in [2.05, 4.69) is 4.98 Å². The number of anilines is 2. The Morgan fingerprint density at radius 1 is 1.67 bits per heavy atom. The van der Waals surface area contributed by atoms with Crippen molar-refractivity contribution in [2.75, 3.05) is 30.3 Å². The topological polar surface area (TPSA) is 95.4 Å². The molecule has 1 aromatic heterocycles. The number of aliphatic hydroxyl groups is 1. The summed E-state index contributed by atoms with van der Waals surface area (Å²) < 4.78 is 5.56. The normalized spacial score (nSPS) is 23.7. The predicted molar refractivity (Wildman–Crippen MR) is 67.0 cm³/mol. The number of ether oxygens (including phenoxy) is 1. The van der Waals surface area contributed by atoms with Crippen LogP contribution in [0.3, 0.4) is 0 Å². The van der Waals surface area contributed by atoms with Crippen LogP contribution in [0.4, 0.5) is 11.5 Å². The number of nitrogen functional groups attached to an aromatic ring is 1. The summed E-state index contributed by atoms with van der Waals surface area (Å²) in [5.41, 5.74) is 6.72. The molecule has 2 atom stereocenters. The van der Waals surface area contributed by atoms with E-state index in [0.29, 0.717) is 30.2 Å². The highest BCUT2D eigenvalue weighted by Crippen LogP contribution is 2.26. The van der Waals surface area contributed by atoms with Gasteiger partial charge in [-0.25, -0.2) is 4.98 Å². The largest absolute Gasteiger partial charge is 0.395 e. The Bertz CT molecular complexity index is 472. The first-order valence-corrected chi connectivity index (χ1v) is 5.81. The average Bonchev–Trinajstić information content (AvgIpc) is 2.38. The number of aromatic nitrogens is 1. The third-order valence-electron chi connectivity index (χ3n) is 2.92. The molecule has 96 valence electrons. The highest BCUT2D eigenvalue weighted by molar-refractivity contribution is 5.70. The van der Waals surface area contributed by atoms with Crippen molar-refractivity contribution in [3.63, 3.8) is 0 Å². The third-order valence-corrected chi connectivity index (χ3v) is 2.92. The molecule has 0 saturated carbocycles. The fraction of sp³-hybridized carbons (Fsp3) is 0.500. The van der Waals surface area contributed by atoms with E-state index in [1.807, 2.05) is 17.9 Å². The number of pyridine rings is 1. The van der Waals surface area contributed by atoms with Crippen LogP contribution in [0.1, 0.15) is 12.5 Å². The van der Waals surface area contributed by atoms with Crippen LogP contribution >= 0.6 is 0 Å². The summed E-state index contributed by atoms with van der Waals surface area (Å²) in [6, 6.07) is 3.63. The van der Waals surface area contributed by atoms with Crippen LogP contribution in [0, 0.1) is 11.3 Å². The molecule has 0 bridgehead atoms. The number of rotatable bonds is 2. The highest BCUT2D eigenvalue weighted by Gasteiger charge is 2.27. The minimum atomic E-state index is -0.249. The smallest absolute Gasteiger partial charge is 0.153 e. The zero-order valence-electron chi connectivity index (χ0n) is 10.2. The number of aliphatic hydroxyl groups excluding tert-OH is 1. The fourth-order valence-corrected chi connectivity index (χ4v) is 2.13. The highest BCUT2D eigenvalue weighted by atomic mass is 16.5.